The van der Waals surface area contributed by atoms with Crippen LogP contribution in [-0.4, -0.2) is 42.6 Å². The largest absolute Gasteiger partial charge is 0.496 e. The van der Waals surface area contributed by atoms with Crippen molar-refractivity contribution in [1.29, 1.82) is 0 Å². The Morgan fingerprint density at radius 2 is 2.00 bits per heavy atom. The Morgan fingerprint density at radius 3 is 2.71 bits per heavy atom. The summed E-state index contributed by atoms with van der Waals surface area (Å²) >= 11 is 0. The number of rotatable bonds is 6. The Morgan fingerprint density at radius 1 is 1.25 bits per heavy atom. The van der Waals surface area contributed by atoms with Crippen LogP contribution >= 0.6 is 0 Å². The van der Waals surface area contributed by atoms with Crippen molar-refractivity contribution in [3.8, 4) is 11.5 Å². The highest BCUT2D eigenvalue weighted by molar-refractivity contribution is 6.01. The number of para-hydroxylation sites is 2. The standard InChI is InChI=1S/C20H20N2O6/c1-12-19(24)22(15-5-3-4-6-16(15)28-12)10-9-18(23)21-13-7-8-14(20(25)26)17(11-13)27-2/h3-8,11-12H,9-10H2,1-2H3,(H,21,23)(H,25,26). The average Bonchev–Trinajstić information content (AvgIpc) is 2.68. The lowest BCUT2D eigenvalue weighted by Gasteiger charge is -2.32. The highest BCUT2D eigenvalue weighted by atomic mass is 16.5. The van der Waals surface area contributed by atoms with Crippen molar-refractivity contribution >= 4 is 29.2 Å². The monoisotopic (exact) mass is 384 g/mol. The number of carboxylic acids is 1. The molecule has 0 saturated carbocycles. The molecule has 0 bridgehead atoms. The van der Waals surface area contributed by atoms with Crippen molar-refractivity contribution in [3.05, 3.63) is 48.0 Å². The first-order chi connectivity index (χ1) is 13.4. The van der Waals surface area contributed by atoms with Crippen LogP contribution in [0.4, 0.5) is 11.4 Å². The van der Waals surface area contributed by atoms with Gasteiger partial charge in [0.15, 0.2) is 6.10 Å². The molecule has 1 aliphatic rings. The van der Waals surface area contributed by atoms with Gasteiger partial charge in [-0.2, -0.15) is 0 Å². The van der Waals surface area contributed by atoms with Crippen molar-refractivity contribution in [1.82, 2.24) is 0 Å². The molecule has 0 aromatic heterocycles. The zero-order valence-corrected chi connectivity index (χ0v) is 15.5. The molecule has 8 nitrogen and oxygen atoms in total. The van der Waals surface area contributed by atoms with E-state index in [0.29, 0.717) is 17.1 Å². The van der Waals surface area contributed by atoms with E-state index in [2.05, 4.69) is 5.32 Å². The second-order valence-electron chi connectivity index (χ2n) is 6.24. The van der Waals surface area contributed by atoms with Crippen LogP contribution < -0.4 is 19.7 Å². The molecular formula is C20H20N2O6. The van der Waals surface area contributed by atoms with E-state index in [9.17, 15) is 14.4 Å². The fraction of sp³-hybridized carbons (Fsp3) is 0.250. The van der Waals surface area contributed by atoms with Crippen LogP contribution in [0.25, 0.3) is 0 Å². The number of amides is 2. The maximum Gasteiger partial charge on any atom is 0.339 e. The van der Waals surface area contributed by atoms with E-state index in [0.717, 1.165) is 0 Å². The minimum absolute atomic E-state index is 0.00464. The maximum absolute atomic E-state index is 12.4. The molecule has 2 aromatic carbocycles. The summed E-state index contributed by atoms with van der Waals surface area (Å²) in [7, 11) is 1.36. The van der Waals surface area contributed by atoms with Gasteiger partial charge in [-0.25, -0.2) is 4.79 Å². The summed E-state index contributed by atoms with van der Waals surface area (Å²) in [6, 6.07) is 11.5. The summed E-state index contributed by atoms with van der Waals surface area (Å²) in [5.41, 5.74) is 1.05. The Bertz CT molecular complexity index is 927. The molecule has 2 N–H and O–H groups in total. The second-order valence-corrected chi connectivity index (χ2v) is 6.24. The average molecular weight is 384 g/mol. The predicted molar refractivity (Wildman–Crippen MR) is 102 cm³/mol. The number of nitrogens with zero attached hydrogens (tertiary/aromatic N) is 1. The summed E-state index contributed by atoms with van der Waals surface area (Å²) in [4.78, 5) is 37.5. The molecule has 146 valence electrons. The number of carbonyl (C=O) groups is 3. The van der Waals surface area contributed by atoms with Crippen LogP contribution in [0.5, 0.6) is 11.5 Å². The van der Waals surface area contributed by atoms with E-state index >= 15 is 0 Å². The Hall–Kier alpha value is -3.55. The van der Waals surface area contributed by atoms with Crippen molar-refractivity contribution in [2.45, 2.75) is 19.4 Å². The highest BCUT2D eigenvalue weighted by Gasteiger charge is 2.31. The molecule has 8 heteroatoms. The van der Waals surface area contributed by atoms with Gasteiger partial charge >= 0.3 is 5.97 Å². The fourth-order valence-electron chi connectivity index (χ4n) is 2.97. The molecule has 0 fully saturated rings. The number of benzene rings is 2. The van der Waals surface area contributed by atoms with Crippen molar-refractivity contribution in [2.75, 3.05) is 23.9 Å². The number of carboxylic acid groups (broad SMARTS) is 1. The lowest BCUT2D eigenvalue weighted by atomic mass is 10.1. The van der Waals surface area contributed by atoms with E-state index in [-0.39, 0.29) is 36.1 Å². The zero-order valence-electron chi connectivity index (χ0n) is 15.5. The van der Waals surface area contributed by atoms with Gasteiger partial charge in [-0.05, 0) is 31.2 Å². The molecule has 2 amide bonds. The molecular weight excluding hydrogens is 364 g/mol. The van der Waals surface area contributed by atoms with Gasteiger partial charge in [0.25, 0.3) is 5.91 Å². The molecule has 28 heavy (non-hydrogen) atoms. The summed E-state index contributed by atoms with van der Waals surface area (Å²) in [6.07, 6.45) is -0.554. The molecule has 0 spiro atoms. The van der Waals surface area contributed by atoms with Crippen LogP contribution in [0.1, 0.15) is 23.7 Å². The van der Waals surface area contributed by atoms with Gasteiger partial charge in [0, 0.05) is 24.7 Å². The molecule has 0 aliphatic carbocycles. The van der Waals surface area contributed by atoms with Gasteiger partial charge in [0.05, 0.1) is 12.8 Å². The van der Waals surface area contributed by atoms with E-state index in [1.807, 2.05) is 6.07 Å². The van der Waals surface area contributed by atoms with E-state index < -0.39 is 12.1 Å². The van der Waals surface area contributed by atoms with Crippen LogP contribution in [0.3, 0.4) is 0 Å². The number of fused-ring (bicyclic) bond motifs is 1. The Labute approximate surface area is 161 Å². The third-order valence-electron chi connectivity index (χ3n) is 4.35. The van der Waals surface area contributed by atoms with E-state index in [1.54, 1.807) is 25.1 Å². The van der Waals surface area contributed by atoms with Crippen molar-refractivity contribution in [2.24, 2.45) is 0 Å². The third-order valence-corrected chi connectivity index (χ3v) is 4.35. The van der Waals surface area contributed by atoms with Crippen LogP contribution in [0, 0.1) is 0 Å². The lowest BCUT2D eigenvalue weighted by molar-refractivity contribution is -0.125. The molecule has 1 atom stereocenters. The lowest BCUT2D eigenvalue weighted by Crippen LogP contribution is -2.45. The first-order valence-electron chi connectivity index (χ1n) is 8.69. The minimum Gasteiger partial charge on any atom is -0.496 e. The van der Waals surface area contributed by atoms with Gasteiger partial charge in [-0.3, -0.25) is 9.59 Å². The second kappa shape index (κ2) is 7.99. The number of nitrogens with one attached hydrogen (secondary N) is 1. The van der Waals surface area contributed by atoms with Crippen LogP contribution in [0.15, 0.2) is 42.5 Å². The van der Waals surface area contributed by atoms with Crippen LogP contribution in [-0.2, 0) is 9.59 Å². The third kappa shape index (κ3) is 3.90. The van der Waals surface area contributed by atoms with Gasteiger partial charge in [0.1, 0.15) is 17.1 Å². The molecule has 0 saturated heterocycles. The molecule has 1 unspecified atom stereocenters. The topological polar surface area (TPSA) is 105 Å². The van der Waals surface area contributed by atoms with E-state index in [4.69, 9.17) is 14.6 Å². The number of hydrogen-bond donors (Lipinski definition) is 2. The predicted octanol–water partition coefficient (Wildman–Crippen LogP) is 2.54. The molecule has 1 heterocycles. The van der Waals surface area contributed by atoms with Crippen molar-refractivity contribution in [3.63, 3.8) is 0 Å². The molecule has 2 aromatic rings. The number of carbonyl (C=O) groups excluding carboxylic acids is 2. The number of aromatic carboxylic acids is 1. The maximum atomic E-state index is 12.4. The first kappa shape index (κ1) is 19.2. The zero-order chi connectivity index (χ0) is 20.3. The quantitative estimate of drug-likeness (QED) is 0.793. The molecule has 0 radical (unpaired) electrons. The van der Waals surface area contributed by atoms with Gasteiger partial charge in [-0.1, -0.05) is 12.1 Å². The SMILES string of the molecule is COc1cc(NC(=O)CCN2C(=O)C(C)Oc3ccccc32)ccc1C(=O)O. The number of hydrogen-bond acceptors (Lipinski definition) is 5. The summed E-state index contributed by atoms with van der Waals surface area (Å²) < 4.78 is 10.6. The number of ether oxygens (including phenoxy) is 2. The van der Waals surface area contributed by atoms with Gasteiger partial charge < -0.3 is 24.8 Å². The Kier molecular flexibility index (Phi) is 5.49. The molecule has 1 aliphatic heterocycles. The van der Waals surface area contributed by atoms with E-state index in [1.165, 1.54) is 30.2 Å². The summed E-state index contributed by atoms with van der Waals surface area (Å²) in [5, 5.41) is 11.8. The summed E-state index contributed by atoms with van der Waals surface area (Å²) in [5.74, 6) is -0.887. The normalized spacial score (nSPS) is 15.4. The molecule has 3 rings (SSSR count). The highest BCUT2D eigenvalue weighted by Crippen LogP contribution is 2.33. The first-order valence-corrected chi connectivity index (χ1v) is 8.69. The van der Waals surface area contributed by atoms with Crippen molar-refractivity contribution < 1.29 is 29.0 Å². The smallest absolute Gasteiger partial charge is 0.339 e. The van der Waals surface area contributed by atoms with Crippen LogP contribution in [0.2, 0.25) is 0 Å². The fourth-order valence-corrected chi connectivity index (χ4v) is 2.97. The number of methoxy groups -OCH3 is 1. The number of anilines is 2. The summed E-state index contributed by atoms with van der Waals surface area (Å²) in [6.45, 7) is 1.86. The minimum atomic E-state index is -1.12. The van der Waals surface area contributed by atoms with Gasteiger partial charge in [0.2, 0.25) is 5.91 Å². The van der Waals surface area contributed by atoms with Gasteiger partial charge in [-0.15, -0.1) is 0 Å². The Balaban J connectivity index is 1.68.